The molecule has 118 valence electrons. The predicted molar refractivity (Wildman–Crippen MR) is 88.9 cm³/mol. The second-order valence-electron chi connectivity index (χ2n) is 4.62. The third kappa shape index (κ3) is 3.94. The van der Waals surface area contributed by atoms with Gasteiger partial charge in [-0.15, -0.1) is 0 Å². The Morgan fingerprint density at radius 1 is 0.952 bits per heavy atom. The van der Waals surface area contributed by atoms with Gasteiger partial charge in [0.05, 0.1) is 0 Å². The second-order valence-corrected chi connectivity index (χ2v) is 7.24. The average molecular weight is 311 g/mol. The predicted octanol–water partition coefficient (Wildman–Crippen LogP) is 4.10. The summed E-state index contributed by atoms with van der Waals surface area (Å²) in [6.45, 7) is 10.0. The Morgan fingerprint density at radius 2 is 1.38 bits per heavy atom. The lowest BCUT2D eigenvalue weighted by Crippen LogP contribution is -2.37. The molecule has 0 aliphatic heterocycles. The van der Waals surface area contributed by atoms with Crippen LogP contribution >= 0.6 is 7.44 Å². The number of carbonyl (C=O) groups is 1. The summed E-state index contributed by atoms with van der Waals surface area (Å²) in [6.07, 6.45) is 0. The van der Waals surface area contributed by atoms with Crippen LogP contribution in [0.2, 0.25) is 0 Å². The molecule has 0 fully saturated rings. The van der Waals surface area contributed by atoms with E-state index >= 15 is 0 Å². The Hall–Kier alpha value is -1.16. The summed E-state index contributed by atoms with van der Waals surface area (Å²) in [6, 6.07) is 9.16. The lowest BCUT2D eigenvalue weighted by atomic mass is 10.3. The van der Waals surface area contributed by atoms with Crippen LogP contribution in [0.15, 0.2) is 30.3 Å². The zero-order chi connectivity index (χ0) is 15.9. The monoisotopic (exact) mass is 311 g/mol. The van der Waals surface area contributed by atoms with E-state index in [1.807, 2.05) is 45.9 Å². The van der Waals surface area contributed by atoms with Gasteiger partial charge in [0, 0.05) is 31.9 Å². The van der Waals surface area contributed by atoms with Gasteiger partial charge in [0.15, 0.2) is 0 Å². The van der Waals surface area contributed by atoms with Crippen molar-refractivity contribution in [2.45, 2.75) is 27.7 Å². The van der Waals surface area contributed by atoms with E-state index in [0.717, 1.165) is 0 Å². The van der Waals surface area contributed by atoms with E-state index in [-0.39, 0.29) is 0 Å². The van der Waals surface area contributed by atoms with Crippen LogP contribution in [-0.2, 0) is 4.57 Å². The molecule has 0 atom stereocenters. The summed E-state index contributed by atoms with van der Waals surface area (Å²) >= 11 is 0. The van der Waals surface area contributed by atoms with Gasteiger partial charge in [-0.3, -0.25) is 9.36 Å². The van der Waals surface area contributed by atoms with Gasteiger partial charge in [0.25, 0.3) is 0 Å². The Bertz CT molecular complexity index is 469. The van der Waals surface area contributed by atoms with E-state index in [2.05, 4.69) is 5.32 Å². The molecule has 6 heteroatoms. The van der Waals surface area contributed by atoms with E-state index in [0.29, 0.717) is 31.9 Å². The molecule has 1 amide bonds. The third-order valence-electron chi connectivity index (χ3n) is 3.52. The Morgan fingerprint density at radius 3 is 1.76 bits per heavy atom. The minimum Gasteiger partial charge on any atom is -0.317 e. The fourth-order valence-corrected chi connectivity index (χ4v) is 5.05. The van der Waals surface area contributed by atoms with Crippen molar-refractivity contribution in [3.05, 3.63) is 30.3 Å². The number of para-hydroxylation sites is 1. The molecular formula is C15H26N3O2P. The first-order chi connectivity index (χ1) is 10.0. The molecule has 0 bridgehead atoms. The highest BCUT2D eigenvalue weighted by Crippen LogP contribution is 2.54. The number of amides is 1. The molecule has 0 saturated heterocycles. The molecule has 0 spiro atoms. The highest BCUT2D eigenvalue weighted by Gasteiger charge is 2.41. The van der Waals surface area contributed by atoms with Gasteiger partial charge in [0.2, 0.25) is 0 Å². The summed E-state index contributed by atoms with van der Waals surface area (Å²) in [5.41, 5.74) is 0.253. The van der Waals surface area contributed by atoms with Crippen LogP contribution in [-0.4, -0.2) is 41.2 Å². The number of nitrogens with zero attached hydrogens (tertiary/aromatic N) is 2. The van der Waals surface area contributed by atoms with E-state index < -0.39 is 13.1 Å². The number of benzene rings is 1. The molecule has 0 saturated carbocycles. The Labute approximate surface area is 127 Å². The number of hydrogen-bond donors (Lipinski definition) is 1. The highest BCUT2D eigenvalue weighted by molar-refractivity contribution is 7.76. The van der Waals surface area contributed by atoms with Crippen LogP contribution in [0.1, 0.15) is 27.7 Å². The van der Waals surface area contributed by atoms with Gasteiger partial charge in [-0.25, -0.2) is 9.34 Å². The normalized spacial score (nSPS) is 11.9. The molecule has 1 aromatic carbocycles. The maximum Gasteiger partial charge on any atom is 0.313 e. The molecule has 21 heavy (non-hydrogen) atoms. The summed E-state index contributed by atoms with van der Waals surface area (Å²) in [4.78, 5) is 12.7. The maximum atomic E-state index is 13.5. The van der Waals surface area contributed by atoms with Crippen molar-refractivity contribution in [2.24, 2.45) is 0 Å². The number of anilines is 1. The van der Waals surface area contributed by atoms with Crippen LogP contribution in [0.4, 0.5) is 10.5 Å². The molecule has 0 aliphatic carbocycles. The van der Waals surface area contributed by atoms with E-state index in [1.165, 1.54) is 0 Å². The minimum atomic E-state index is -3.28. The number of carbonyl (C=O) groups excluding carboxylic acids is 1. The molecule has 1 rings (SSSR count). The second kappa shape index (κ2) is 8.32. The number of nitrogens with one attached hydrogen (secondary N) is 1. The van der Waals surface area contributed by atoms with Crippen molar-refractivity contribution in [1.82, 2.24) is 9.34 Å². The average Bonchev–Trinajstić information content (AvgIpc) is 2.50. The van der Waals surface area contributed by atoms with Crippen LogP contribution in [0.25, 0.3) is 0 Å². The topological polar surface area (TPSA) is 52.7 Å². The van der Waals surface area contributed by atoms with Gasteiger partial charge in [-0.1, -0.05) is 45.9 Å². The summed E-state index contributed by atoms with van der Waals surface area (Å²) in [7, 11) is -3.28. The van der Waals surface area contributed by atoms with Crippen LogP contribution in [0, 0.1) is 0 Å². The zero-order valence-electron chi connectivity index (χ0n) is 13.4. The quantitative estimate of drug-likeness (QED) is 0.735. The van der Waals surface area contributed by atoms with Gasteiger partial charge in [-0.05, 0) is 12.1 Å². The smallest absolute Gasteiger partial charge is 0.313 e. The Balaban J connectivity index is 3.11. The van der Waals surface area contributed by atoms with E-state index in [1.54, 1.807) is 21.5 Å². The van der Waals surface area contributed by atoms with Crippen molar-refractivity contribution < 1.29 is 9.36 Å². The molecule has 1 aromatic rings. The highest BCUT2D eigenvalue weighted by atomic mass is 31.2. The molecule has 0 unspecified atom stereocenters. The van der Waals surface area contributed by atoms with E-state index in [9.17, 15) is 9.36 Å². The van der Waals surface area contributed by atoms with Crippen LogP contribution in [0.5, 0.6) is 0 Å². The van der Waals surface area contributed by atoms with Crippen LogP contribution < -0.4 is 5.32 Å². The van der Waals surface area contributed by atoms with Crippen molar-refractivity contribution in [1.29, 1.82) is 0 Å². The molecule has 0 heterocycles. The largest absolute Gasteiger partial charge is 0.317 e. The fourth-order valence-electron chi connectivity index (χ4n) is 2.37. The molecule has 0 aliphatic rings. The lowest BCUT2D eigenvalue weighted by molar-refractivity contribution is 0.260. The summed E-state index contributed by atoms with van der Waals surface area (Å²) < 4.78 is 17.0. The SMILES string of the molecule is CCN(CC)P(=O)(C(=O)Nc1ccccc1)N(CC)CC. The van der Waals surface area contributed by atoms with Crippen molar-refractivity contribution in [3.8, 4) is 0 Å². The Kier molecular flexibility index (Phi) is 7.09. The molecular weight excluding hydrogens is 285 g/mol. The maximum absolute atomic E-state index is 13.5. The van der Waals surface area contributed by atoms with Crippen LogP contribution in [0.3, 0.4) is 0 Å². The molecule has 5 nitrogen and oxygen atoms in total. The van der Waals surface area contributed by atoms with Gasteiger partial charge in [0.1, 0.15) is 0 Å². The zero-order valence-corrected chi connectivity index (χ0v) is 14.3. The first kappa shape index (κ1) is 17.9. The standard InChI is InChI=1S/C15H26N3O2P/c1-5-17(6-2)21(20,18(7-3)8-4)15(19)16-14-12-10-9-11-13-14/h9-13H,5-8H2,1-4H3,(H,16,19). The summed E-state index contributed by atoms with van der Waals surface area (Å²) in [5, 5.41) is 2.80. The van der Waals surface area contributed by atoms with E-state index in [4.69, 9.17) is 0 Å². The molecule has 0 radical (unpaired) electrons. The van der Waals surface area contributed by atoms with Gasteiger partial charge in [-0.2, -0.15) is 0 Å². The first-order valence-corrected chi connectivity index (χ1v) is 9.13. The molecule has 1 N–H and O–H groups in total. The summed E-state index contributed by atoms with van der Waals surface area (Å²) in [5.74, 6) is 0. The van der Waals surface area contributed by atoms with Gasteiger partial charge < -0.3 is 5.32 Å². The van der Waals surface area contributed by atoms with Crippen molar-refractivity contribution in [2.75, 3.05) is 31.5 Å². The number of hydrogen-bond acceptors (Lipinski definition) is 2. The number of rotatable bonds is 8. The lowest BCUT2D eigenvalue weighted by Gasteiger charge is -2.36. The van der Waals surface area contributed by atoms with Crippen molar-refractivity contribution in [3.63, 3.8) is 0 Å². The van der Waals surface area contributed by atoms with Gasteiger partial charge >= 0.3 is 13.1 Å². The molecule has 0 aromatic heterocycles. The fraction of sp³-hybridized carbons (Fsp3) is 0.533. The first-order valence-electron chi connectivity index (χ1n) is 7.51. The minimum absolute atomic E-state index is 0.416. The van der Waals surface area contributed by atoms with Crippen molar-refractivity contribution >= 4 is 18.8 Å². The third-order valence-corrected chi connectivity index (χ3v) is 6.82.